The van der Waals surface area contributed by atoms with Crippen LogP contribution in [0.1, 0.15) is 0 Å². The maximum Gasteiger partial charge on any atom is 0.163 e. The summed E-state index contributed by atoms with van der Waals surface area (Å²) in [5.41, 5.74) is 6.25. The zero-order valence-electron chi connectivity index (χ0n) is 7.83. The molecule has 2 rings (SSSR count). The van der Waals surface area contributed by atoms with Gasteiger partial charge >= 0.3 is 0 Å². The number of rotatable bonds is 2. The molecule has 78 valence electrons. The number of hydrogen-bond acceptors (Lipinski definition) is 4. The Morgan fingerprint density at radius 1 is 0.933 bits per heavy atom. The summed E-state index contributed by atoms with van der Waals surface area (Å²) in [7, 11) is 0. The lowest BCUT2D eigenvalue weighted by Gasteiger charge is -2.03. The molecule has 0 saturated carbocycles. The predicted octanol–water partition coefficient (Wildman–Crippen LogP) is 2.27. The molecule has 0 fully saturated rings. The van der Waals surface area contributed by atoms with Crippen LogP contribution < -0.4 is 10.5 Å². The average molecular weight is 224 g/mol. The lowest BCUT2D eigenvalue weighted by molar-refractivity contribution is 0.477. The van der Waals surface area contributed by atoms with Crippen LogP contribution in [0.25, 0.3) is 0 Å². The number of halogens is 1. The molecule has 0 bridgehead atoms. The summed E-state index contributed by atoms with van der Waals surface area (Å²) >= 11 is 0. The highest BCUT2D eigenvalue weighted by Gasteiger charge is 1.95. The molecule has 0 saturated heterocycles. The van der Waals surface area contributed by atoms with E-state index in [2.05, 4.69) is 9.97 Å². The molecule has 0 aliphatic carbocycles. The molecule has 0 radical (unpaired) electrons. The highest BCUT2D eigenvalue weighted by atomic mass is 35.5. The first-order chi connectivity index (χ1) is 6.84. The molecule has 4 nitrogen and oxygen atoms in total. The first kappa shape index (κ1) is 11.3. The van der Waals surface area contributed by atoms with E-state index in [0.717, 1.165) is 0 Å². The van der Waals surface area contributed by atoms with Gasteiger partial charge in [-0.3, -0.25) is 0 Å². The Labute approximate surface area is 93.5 Å². The first-order valence-electron chi connectivity index (χ1n) is 4.13. The Bertz CT molecular complexity index is 405. The number of benzene rings is 1. The van der Waals surface area contributed by atoms with Gasteiger partial charge in [0.25, 0.3) is 0 Å². The van der Waals surface area contributed by atoms with E-state index in [1.165, 1.54) is 6.33 Å². The third kappa shape index (κ3) is 3.11. The molecule has 0 spiro atoms. The minimum absolute atomic E-state index is 0. The fourth-order valence-corrected chi connectivity index (χ4v) is 1.01. The van der Waals surface area contributed by atoms with Crippen molar-refractivity contribution >= 4 is 18.1 Å². The summed E-state index contributed by atoms with van der Waals surface area (Å²) in [6.45, 7) is 0. The van der Waals surface area contributed by atoms with Crippen molar-refractivity contribution in [3.05, 3.63) is 43.0 Å². The number of nitrogens with two attached hydrogens (primary N) is 1. The molecule has 2 aromatic rings. The molecule has 2 N–H and O–H groups in total. The molecule has 1 heterocycles. The summed E-state index contributed by atoms with van der Waals surface area (Å²) < 4.78 is 5.45. The minimum atomic E-state index is 0. The molecule has 5 heteroatoms. The van der Waals surface area contributed by atoms with Gasteiger partial charge in [-0.2, -0.15) is 0 Å². The van der Waals surface area contributed by atoms with Crippen LogP contribution in [0.4, 0.5) is 5.69 Å². The Morgan fingerprint density at radius 2 is 1.53 bits per heavy atom. The van der Waals surface area contributed by atoms with Crippen molar-refractivity contribution in [3.8, 4) is 11.5 Å². The number of hydrogen-bond donors (Lipinski definition) is 1. The van der Waals surface area contributed by atoms with Gasteiger partial charge in [-0.25, -0.2) is 9.97 Å². The lowest BCUT2D eigenvalue weighted by atomic mass is 10.3. The summed E-state index contributed by atoms with van der Waals surface area (Å²) in [5, 5.41) is 0. The van der Waals surface area contributed by atoms with E-state index < -0.39 is 0 Å². The van der Waals surface area contributed by atoms with E-state index in [1.54, 1.807) is 36.7 Å². The van der Waals surface area contributed by atoms with Gasteiger partial charge in [0.2, 0.25) is 0 Å². The molecule has 0 unspecified atom stereocenters. The molecule has 0 amide bonds. The minimum Gasteiger partial charge on any atom is -0.454 e. The maximum atomic E-state index is 5.54. The fraction of sp³-hybridized carbons (Fsp3) is 0. The Balaban J connectivity index is 0.00000112. The molecule has 1 aromatic heterocycles. The number of ether oxygens (including phenoxy) is 1. The second-order valence-corrected chi connectivity index (χ2v) is 2.75. The maximum absolute atomic E-state index is 5.54. The largest absolute Gasteiger partial charge is 0.454 e. The van der Waals surface area contributed by atoms with E-state index in [4.69, 9.17) is 10.5 Å². The quantitative estimate of drug-likeness (QED) is 0.794. The van der Waals surface area contributed by atoms with Gasteiger partial charge in [-0.05, 0) is 24.3 Å². The SMILES string of the molecule is Cl.Nc1ccc(Oc2cncnc2)cc1. The molecule has 1 aromatic carbocycles. The van der Waals surface area contributed by atoms with Crippen molar-refractivity contribution in [1.29, 1.82) is 0 Å². The monoisotopic (exact) mass is 223 g/mol. The predicted molar refractivity (Wildman–Crippen MR) is 60.2 cm³/mol. The van der Waals surface area contributed by atoms with Crippen LogP contribution in [0.2, 0.25) is 0 Å². The number of anilines is 1. The van der Waals surface area contributed by atoms with Crippen LogP contribution in [0.15, 0.2) is 43.0 Å². The van der Waals surface area contributed by atoms with E-state index in [1.807, 2.05) is 0 Å². The topological polar surface area (TPSA) is 61.0 Å². The summed E-state index contributed by atoms with van der Waals surface area (Å²) in [6.07, 6.45) is 4.66. The van der Waals surface area contributed by atoms with E-state index in [-0.39, 0.29) is 12.4 Å². The van der Waals surface area contributed by atoms with Crippen molar-refractivity contribution in [2.45, 2.75) is 0 Å². The second-order valence-electron chi connectivity index (χ2n) is 2.75. The number of aromatic nitrogens is 2. The third-order valence-electron chi connectivity index (χ3n) is 1.65. The van der Waals surface area contributed by atoms with Crippen LogP contribution in [-0.2, 0) is 0 Å². The van der Waals surface area contributed by atoms with Gasteiger partial charge in [0.1, 0.15) is 12.1 Å². The van der Waals surface area contributed by atoms with Gasteiger partial charge in [-0.15, -0.1) is 12.4 Å². The Kier molecular flexibility index (Phi) is 3.88. The van der Waals surface area contributed by atoms with E-state index >= 15 is 0 Å². The molecule has 0 aliphatic heterocycles. The van der Waals surface area contributed by atoms with Crippen molar-refractivity contribution in [3.63, 3.8) is 0 Å². The fourth-order valence-electron chi connectivity index (χ4n) is 1.01. The van der Waals surface area contributed by atoms with Crippen molar-refractivity contribution < 1.29 is 4.74 Å². The smallest absolute Gasteiger partial charge is 0.163 e. The Morgan fingerprint density at radius 3 is 2.13 bits per heavy atom. The standard InChI is InChI=1S/C10H9N3O.ClH/c11-8-1-3-9(4-2-8)14-10-5-12-7-13-6-10;/h1-7H,11H2;1H. The first-order valence-corrected chi connectivity index (χ1v) is 4.13. The van der Waals surface area contributed by atoms with Crippen molar-refractivity contribution in [2.24, 2.45) is 0 Å². The molecule has 15 heavy (non-hydrogen) atoms. The van der Waals surface area contributed by atoms with Gasteiger partial charge in [-0.1, -0.05) is 0 Å². The van der Waals surface area contributed by atoms with Gasteiger partial charge in [0.15, 0.2) is 5.75 Å². The number of nitrogen functional groups attached to an aromatic ring is 1. The van der Waals surface area contributed by atoms with Gasteiger partial charge < -0.3 is 10.5 Å². The molecular formula is C10H10ClN3O. The van der Waals surface area contributed by atoms with Crippen LogP contribution >= 0.6 is 12.4 Å². The molecular weight excluding hydrogens is 214 g/mol. The lowest BCUT2D eigenvalue weighted by Crippen LogP contribution is -1.87. The summed E-state index contributed by atoms with van der Waals surface area (Å²) in [4.78, 5) is 7.68. The van der Waals surface area contributed by atoms with Crippen molar-refractivity contribution in [2.75, 3.05) is 5.73 Å². The van der Waals surface area contributed by atoms with Gasteiger partial charge in [0.05, 0.1) is 12.4 Å². The average Bonchev–Trinajstić information content (AvgIpc) is 2.23. The summed E-state index contributed by atoms with van der Waals surface area (Å²) in [5.74, 6) is 1.33. The van der Waals surface area contributed by atoms with Crippen LogP contribution in [0, 0.1) is 0 Å². The summed E-state index contributed by atoms with van der Waals surface area (Å²) in [6, 6.07) is 7.14. The van der Waals surface area contributed by atoms with E-state index in [9.17, 15) is 0 Å². The normalized spacial score (nSPS) is 9.07. The van der Waals surface area contributed by atoms with Crippen LogP contribution in [-0.4, -0.2) is 9.97 Å². The highest BCUT2D eigenvalue weighted by Crippen LogP contribution is 2.20. The van der Waals surface area contributed by atoms with E-state index in [0.29, 0.717) is 17.2 Å². The van der Waals surface area contributed by atoms with Crippen LogP contribution in [0.3, 0.4) is 0 Å². The van der Waals surface area contributed by atoms with Crippen molar-refractivity contribution in [1.82, 2.24) is 9.97 Å². The second kappa shape index (κ2) is 5.17. The van der Waals surface area contributed by atoms with Crippen LogP contribution in [0.5, 0.6) is 11.5 Å². The molecule has 0 aliphatic rings. The highest BCUT2D eigenvalue weighted by molar-refractivity contribution is 5.85. The number of nitrogens with zero attached hydrogens (tertiary/aromatic N) is 2. The van der Waals surface area contributed by atoms with Gasteiger partial charge in [0, 0.05) is 5.69 Å². The Hall–Kier alpha value is -1.81. The molecule has 0 atom stereocenters. The zero-order chi connectivity index (χ0) is 9.80. The zero-order valence-corrected chi connectivity index (χ0v) is 8.65. The third-order valence-corrected chi connectivity index (χ3v) is 1.65.